The number of anilines is 1. The van der Waals surface area contributed by atoms with Crippen molar-refractivity contribution in [1.82, 2.24) is 4.98 Å². The number of nitrogen functional groups attached to an aromatic ring is 1. The van der Waals surface area contributed by atoms with Crippen LogP contribution in [0.5, 0.6) is 11.5 Å². The van der Waals surface area contributed by atoms with Crippen molar-refractivity contribution >= 4 is 5.82 Å². The van der Waals surface area contributed by atoms with Crippen molar-refractivity contribution in [3.63, 3.8) is 0 Å². The molecule has 0 fully saturated rings. The lowest BCUT2D eigenvalue weighted by atomic mass is 10.2. The number of rotatable bonds is 4. The fourth-order valence-electron chi connectivity index (χ4n) is 1.40. The molecule has 88 valence electrons. The minimum Gasteiger partial charge on any atom is -0.495 e. The van der Waals surface area contributed by atoms with Crippen LogP contribution < -0.4 is 15.2 Å². The number of hydrogen-bond donors (Lipinski definition) is 1. The van der Waals surface area contributed by atoms with Crippen molar-refractivity contribution in [1.29, 1.82) is 0 Å². The van der Waals surface area contributed by atoms with Gasteiger partial charge in [-0.05, 0) is 5.56 Å². The Hall–Kier alpha value is -2.23. The molecular weight excluding hydrogens is 216 g/mol. The van der Waals surface area contributed by atoms with Gasteiger partial charge in [-0.15, -0.1) is 0 Å². The molecule has 1 aromatic carbocycles. The van der Waals surface area contributed by atoms with Crippen LogP contribution in [0.2, 0.25) is 0 Å². The second-order valence-corrected chi connectivity index (χ2v) is 3.53. The van der Waals surface area contributed by atoms with Crippen LogP contribution in [0.25, 0.3) is 0 Å². The summed E-state index contributed by atoms with van der Waals surface area (Å²) >= 11 is 0. The SMILES string of the molecule is COc1cnc(N)c(OCc2ccccc2)c1. The van der Waals surface area contributed by atoms with Gasteiger partial charge in [-0.2, -0.15) is 0 Å². The number of nitrogens with two attached hydrogens (primary N) is 1. The molecule has 4 nitrogen and oxygen atoms in total. The first-order valence-corrected chi connectivity index (χ1v) is 5.26. The van der Waals surface area contributed by atoms with E-state index in [1.807, 2.05) is 30.3 Å². The van der Waals surface area contributed by atoms with Crippen LogP contribution in [0.15, 0.2) is 42.6 Å². The third kappa shape index (κ3) is 2.87. The predicted molar refractivity (Wildman–Crippen MR) is 66.0 cm³/mol. The Kier molecular flexibility index (Phi) is 3.45. The second kappa shape index (κ2) is 5.21. The van der Waals surface area contributed by atoms with E-state index in [0.29, 0.717) is 23.9 Å². The molecule has 0 amide bonds. The standard InChI is InChI=1S/C13H14N2O2/c1-16-11-7-12(13(14)15-8-11)17-9-10-5-3-2-4-6-10/h2-8H,9H2,1H3,(H2,14,15). The summed E-state index contributed by atoms with van der Waals surface area (Å²) < 4.78 is 10.7. The van der Waals surface area contributed by atoms with Crippen molar-refractivity contribution < 1.29 is 9.47 Å². The summed E-state index contributed by atoms with van der Waals surface area (Å²) in [7, 11) is 1.58. The molecule has 0 aliphatic carbocycles. The van der Waals surface area contributed by atoms with Crippen LogP contribution >= 0.6 is 0 Å². The molecule has 2 rings (SSSR count). The summed E-state index contributed by atoms with van der Waals surface area (Å²) in [6, 6.07) is 11.6. The molecule has 1 aromatic heterocycles. The third-order valence-corrected chi connectivity index (χ3v) is 2.33. The van der Waals surface area contributed by atoms with Crippen LogP contribution in [-0.4, -0.2) is 12.1 Å². The van der Waals surface area contributed by atoms with E-state index >= 15 is 0 Å². The van der Waals surface area contributed by atoms with Gasteiger partial charge in [0.05, 0.1) is 13.3 Å². The average molecular weight is 230 g/mol. The number of nitrogens with zero attached hydrogens (tertiary/aromatic N) is 1. The molecule has 0 aliphatic rings. The fraction of sp³-hybridized carbons (Fsp3) is 0.154. The highest BCUT2D eigenvalue weighted by Crippen LogP contribution is 2.24. The maximum atomic E-state index is 5.72. The normalized spacial score (nSPS) is 9.94. The van der Waals surface area contributed by atoms with Gasteiger partial charge in [-0.1, -0.05) is 30.3 Å². The quantitative estimate of drug-likeness (QED) is 0.875. The van der Waals surface area contributed by atoms with Crippen molar-refractivity contribution in [2.45, 2.75) is 6.61 Å². The Morgan fingerprint density at radius 2 is 2.00 bits per heavy atom. The molecule has 0 radical (unpaired) electrons. The molecule has 1 heterocycles. The van der Waals surface area contributed by atoms with Crippen LogP contribution in [0.1, 0.15) is 5.56 Å². The van der Waals surface area contributed by atoms with Gasteiger partial charge in [0.2, 0.25) is 0 Å². The van der Waals surface area contributed by atoms with Crippen molar-refractivity contribution in [3.05, 3.63) is 48.2 Å². The molecule has 0 saturated carbocycles. The maximum Gasteiger partial charge on any atom is 0.166 e. The van der Waals surface area contributed by atoms with Crippen molar-refractivity contribution in [2.24, 2.45) is 0 Å². The summed E-state index contributed by atoms with van der Waals surface area (Å²) in [6.07, 6.45) is 1.56. The highest BCUT2D eigenvalue weighted by atomic mass is 16.5. The zero-order chi connectivity index (χ0) is 12.1. The van der Waals surface area contributed by atoms with Gasteiger partial charge in [0.15, 0.2) is 11.6 Å². The highest BCUT2D eigenvalue weighted by Gasteiger charge is 2.04. The van der Waals surface area contributed by atoms with E-state index in [-0.39, 0.29) is 0 Å². The first kappa shape index (κ1) is 11.3. The zero-order valence-corrected chi connectivity index (χ0v) is 9.59. The van der Waals surface area contributed by atoms with E-state index in [9.17, 15) is 0 Å². The van der Waals surface area contributed by atoms with Gasteiger partial charge in [-0.3, -0.25) is 0 Å². The lowest BCUT2D eigenvalue weighted by Gasteiger charge is -2.09. The fourth-order valence-corrected chi connectivity index (χ4v) is 1.40. The van der Waals surface area contributed by atoms with Crippen molar-refractivity contribution in [2.75, 3.05) is 12.8 Å². The van der Waals surface area contributed by atoms with Crippen LogP contribution in [0.3, 0.4) is 0 Å². The number of aromatic nitrogens is 1. The van der Waals surface area contributed by atoms with E-state index < -0.39 is 0 Å². The van der Waals surface area contributed by atoms with Gasteiger partial charge >= 0.3 is 0 Å². The summed E-state index contributed by atoms with van der Waals surface area (Å²) in [6.45, 7) is 0.458. The lowest BCUT2D eigenvalue weighted by Crippen LogP contribution is -2.00. The maximum absolute atomic E-state index is 5.72. The Labute approximate surface area is 100 Å². The average Bonchev–Trinajstić information content (AvgIpc) is 2.39. The summed E-state index contributed by atoms with van der Waals surface area (Å²) in [5.41, 5.74) is 6.80. The van der Waals surface area contributed by atoms with E-state index in [2.05, 4.69) is 4.98 Å². The van der Waals surface area contributed by atoms with Crippen LogP contribution in [-0.2, 0) is 6.61 Å². The molecule has 0 bridgehead atoms. The number of methoxy groups -OCH3 is 1. The molecule has 0 spiro atoms. The molecule has 0 atom stereocenters. The number of hydrogen-bond acceptors (Lipinski definition) is 4. The Morgan fingerprint density at radius 1 is 1.24 bits per heavy atom. The van der Waals surface area contributed by atoms with Crippen LogP contribution in [0, 0.1) is 0 Å². The van der Waals surface area contributed by atoms with Crippen molar-refractivity contribution in [3.8, 4) is 11.5 Å². The summed E-state index contributed by atoms with van der Waals surface area (Å²) in [5.74, 6) is 1.53. The Balaban J connectivity index is 2.08. The van der Waals surface area contributed by atoms with E-state index in [1.165, 1.54) is 0 Å². The summed E-state index contributed by atoms with van der Waals surface area (Å²) in [5, 5.41) is 0. The smallest absolute Gasteiger partial charge is 0.166 e. The minimum absolute atomic E-state index is 0.363. The predicted octanol–water partition coefficient (Wildman–Crippen LogP) is 2.25. The van der Waals surface area contributed by atoms with Gasteiger partial charge in [0.1, 0.15) is 12.4 Å². The molecule has 2 N–H and O–H groups in total. The molecule has 2 aromatic rings. The molecule has 4 heteroatoms. The number of benzene rings is 1. The Bertz CT molecular complexity index is 486. The zero-order valence-electron chi connectivity index (χ0n) is 9.59. The Morgan fingerprint density at radius 3 is 2.71 bits per heavy atom. The van der Waals surface area contributed by atoms with Gasteiger partial charge in [-0.25, -0.2) is 4.98 Å². The third-order valence-electron chi connectivity index (χ3n) is 2.33. The number of ether oxygens (including phenoxy) is 2. The van der Waals surface area contributed by atoms with Gasteiger partial charge in [0.25, 0.3) is 0 Å². The first-order valence-electron chi connectivity index (χ1n) is 5.26. The topological polar surface area (TPSA) is 57.4 Å². The molecule has 0 unspecified atom stereocenters. The minimum atomic E-state index is 0.363. The van der Waals surface area contributed by atoms with E-state index in [4.69, 9.17) is 15.2 Å². The van der Waals surface area contributed by atoms with E-state index in [0.717, 1.165) is 5.56 Å². The second-order valence-electron chi connectivity index (χ2n) is 3.53. The van der Waals surface area contributed by atoms with Gasteiger partial charge in [0, 0.05) is 6.07 Å². The number of pyridine rings is 1. The largest absolute Gasteiger partial charge is 0.495 e. The van der Waals surface area contributed by atoms with Crippen LogP contribution in [0.4, 0.5) is 5.82 Å². The molecule has 0 aliphatic heterocycles. The van der Waals surface area contributed by atoms with Gasteiger partial charge < -0.3 is 15.2 Å². The molecular formula is C13H14N2O2. The highest BCUT2D eigenvalue weighted by molar-refractivity contribution is 5.48. The molecule has 0 saturated heterocycles. The van der Waals surface area contributed by atoms with E-state index in [1.54, 1.807) is 19.4 Å². The lowest BCUT2D eigenvalue weighted by molar-refractivity contribution is 0.304. The molecule has 17 heavy (non-hydrogen) atoms. The monoisotopic (exact) mass is 230 g/mol. The first-order chi connectivity index (χ1) is 8.29. The summed E-state index contributed by atoms with van der Waals surface area (Å²) in [4.78, 5) is 3.99.